The molecule has 194 valence electrons. The quantitative estimate of drug-likeness (QED) is 0.507. The molecule has 1 aliphatic rings. The van der Waals surface area contributed by atoms with Gasteiger partial charge in [-0.3, -0.25) is 0 Å². The van der Waals surface area contributed by atoms with Gasteiger partial charge in [-0.25, -0.2) is 9.78 Å². The van der Waals surface area contributed by atoms with Crippen molar-refractivity contribution in [1.82, 2.24) is 14.5 Å². The van der Waals surface area contributed by atoms with Crippen LogP contribution >= 0.6 is 0 Å². The molecule has 9 nitrogen and oxygen atoms in total. The van der Waals surface area contributed by atoms with Crippen LogP contribution in [-0.2, 0) is 17.8 Å². The summed E-state index contributed by atoms with van der Waals surface area (Å²) in [5.74, 6) is 2.38. The summed E-state index contributed by atoms with van der Waals surface area (Å²) in [4.78, 5) is 20.9. The second kappa shape index (κ2) is 10.6. The Morgan fingerprint density at radius 1 is 1.06 bits per heavy atom. The molecule has 0 spiro atoms. The first-order valence-electron chi connectivity index (χ1n) is 12.4. The molecule has 0 unspecified atom stereocenters. The van der Waals surface area contributed by atoms with Gasteiger partial charge in [0.15, 0.2) is 11.5 Å². The van der Waals surface area contributed by atoms with Crippen LogP contribution in [0.25, 0.3) is 10.9 Å². The van der Waals surface area contributed by atoms with Crippen LogP contribution in [-0.4, -0.2) is 66.5 Å². The number of pyridine rings is 1. The fourth-order valence-corrected chi connectivity index (χ4v) is 4.55. The minimum absolute atomic E-state index is 0.254. The summed E-state index contributed by atoms with van der Waals surface area (Å²) in [6.07, 6.45) is 1.60. The molecular formula is C27H37N5O4. The number of fused-ring (bicyclic) bond motifs is 1. The molecule has 3 aromatic rings. The van der Waals surface area contributed by atoms with Crippen LogP contribution < -0.4 is 19.7 Å². The number of aromatic nitrogens is 2. The Morgan fingerprint density at radius 3 is 2.39 bits per heavy atom. The van der Waals surface area contributed by atoms with Crippen molar-refractivity contribution in [2.45, 2.75) is 46.4 Å². The van der Waals surface area contributed by atoms with Crippen LogP contribution in [0, 0.1) is 0 Å². The number of benzene rings is 1. The smallest absolute Gasteiger partial charge is 0.410 e. The van der Waals surface area contributed by atoms with E-state index in [-0.39, 0.29) is 6.09 Å². The average Bonchev–Trinajstić information content (AvgIpc) is 3.23. The maximum absolute atomic E-state index is 12.3. The summed E-state index contributed by atoms with van der Waals surface area (Å²) in [6.45, 7) is 12.0. The topological polar surface area (TPSA) is 81.1 Å². The standard InChI is InChI=1S/C27H37N5O4/c1-7-32-20(16-21-22(32)9-10-23(34-5)25(21)35-6)18-28-19-8-11-24(29-17-19)30-12-14-31(15-13-30)26(33)36-27(2,3)4/h8-11,16-17,28H,7,12-15,18H2,1-6H3. The number of hydrogen-bond acceptors (Lipinski definition) is 7. The first-order valence-corrected chi connectivity index (χ1v) is 12.4. The first-order chi connectivity index (χ1) is 17.2. The number of carbonyl (C=O) groups excluding carboxylic acids is 1. The molecule has 1 aliphatic heterocycles. The van der Waals surface area contributed by atoms with Crippen molar-refractivity contribution in [2.24, 2.45) is 0 Å². The Bertz CT molecular complexity index is 1190. The molecule has 1 amide bonds. The van der Waals surface area contributed by atoms with Gasteiger partial charge in [-0.2, -0.15) is 0 Å². The van der Waals surface area contributed by atoms with Crippen molar-refractivity contribution in [2.75, 3.05) is 50.6 Å². The zero-order valence-electron chi connectivity index (χ0n) is 22.1. The molecule has 0 bridgehead atoms. The van der Waals surface area contributed by atoms with E-state index >= 15 is 0 Å². The third-order valence-corrected chi connectivity index (χ3v) is 6.30. The fraction of sp³-hybridized carbons (Fsp3) is 0.481. The highest BCUT2D eigenvalue weighted by molar-refractivity contribution is 5.90. The number of nitrogens with zero attached hydrogens (tertiary/aromatic N) is 4. The monoisotopic (exact) mass is 495 g/mol. The molecule has 3 heterocycles. The van der Waals surface area contributed by atoms with Gasteiger partial charge in [-0.15, -0.1) is 0 Å². The van der Waals surface area contributed by atoms with Crippen LogP contribution in [0.3, 0.4) is 0 Å². The zero-order chi connectivity index (χ0) is 25.9. The number of piperazine rings is 1. The van der Waals surface area contributed by atoms with Gasteiger partial charge in [-0.1, -0.05) is 0 Å². The SMILES string of the molecule is CCn1c(CNc2ccc(N3CCN(C(=O)OC(C)(C)C)CC3)nc2)cc2c(OC)c(OC)ccc21. The van der Waals surface area contributed by atoms with E-state index in [9.17, 15) is 4.79 Å². The molecule has 0 saturated carbocycles. The number of carbonyl (C=O) groups is 1. The van der Waals surface area contributed by atoms with Crippen LogP contribution in [0.4, 0.5) is 16.3 Å². The van der Waals surface area contributed by atoms with E-state index in [0.29, 0.717) is 19.6 Å². The van der Waals surface area contributed by atoms with Gasteiger partial charge < -0.3 is 33.9 Å². The Morgan fingerprint density at radius 2 is 1.81 bits per heavy atom. The average molecular weight is 496 g/mol. The predicted molar refractivity (Wildman–Crippen MR) is 142 cm³/mol. The highest BCUT2D eigenvalue weighted by atomic mass is 16.6. The van der Waals surface area contributed by atoms with Crippen LogP contribution in [0.2, 0.25) is 0 Å². The Labute approximate surface area is 212 Å². The number of hydrogen-bond donors (Lipinski definition) is 1. The van der Waals surface area contributed by atoms with E-state index in [4.69, 9.17) is 14.2 Å². The second-order valence-corrected chi connectivity index (χ2v) is 9.83. The Kier molecular flexibility index (Phi) is 7.47. The Hall–Kier alpha value is -3.62. The first kappa shape index (κ1) is 25.5. The van der Waals surface area contributed by atoms with E-state index < -0.39 is 5.60 Å². The molecular weight excluding hydrogens is 458 g/mol. The summed E-state index contributed by atoms with van der Waals surface area (Å²) in [5, 5.41) is 4.53. The third kappa shape index (κ3) is 5.45. The zero-order valence-corrected chi connectivity index (χ0v) is 22.1. The van der Waals surface area contributed by atoms with Crippen molar-refractivity contribution in [1.29, 1.82) is 0 Å². The molecule has 2 aromatic heterocycles. The van der Waals surface area contributed by atoms with Crippen molar-refractivity contribution < 1.29 is 19.0 Å². The molecule has 9 heteroatoms. The van der Waals surface area contributed by atoms with E-state index in [2.05, 4.69) is 38.8 Å². The van der Waals surface area contributed by atoms with Crippen LogP contribution in [0.5, 0.6) is 11.5 Å². The van der Waals surface area contributed by atoms with Crippen molar-refractivity contribution in [3.8, 4) is 11.5 Å². The number of aryl methyl sites for hydroxylation is 1. The van der Waals surface area contributed by atoms with E-state index in [0.717, 1.165) is 59.2 Å². The number of nitrogens with one attached hydrogen (secondary N) is 1. The lowest BCUT2D eigenvalue weighted by Crippen LogP contribution is -2.50. The number of anilines is 2. The molecule has 1 fully saturated rings. The predicted octanol–water partition coefficient (Wildman–Crippen LogP) is 4.74. The summed E-state index contributed by atoms with van der Waals surface area (Å²) in [7, 11) is 3.32. The molecule has 1 saturated heterocycles. The van der Waals surface area contributed by atoms with Crippen LogP contribution in [0.15, 0.2) is 36.5 Å². The summed E-state index contributed by atoms with van der Waals surface area (Å²) >= 11 is 0. The van der Waals surface area contributed by atoms with Gasteiger partial charge in [-0.05, 0) is 58.0 Å². The van der Waals surface area contributed by atoms with Gasteiger partial charge in [0, 0.05) is 43.8 Å². The molecule has 0 radical (unpaired) electrons. The van der Waals surface area contributed by atoms with Gasteiger partial charge >= 0.3 is 6.09 Å². The van der Waals surface area contributed by atoms with Crippen molar-refractivity contribution in [3.05, 3.63) is 42.2 Å². The fourth-order valence-electron chi connectivity index (χ4n) is 4.55. The molecule has 4 rings (SSSR count). The lowest BCUT2D eigenvalue weighted by Gasteiger charge is -2.36. The summed E-state index contributed by atoms with van der Waals surface area (Å²) in [5.41, 5.74) is 2.74. The van der Waals surface area contributed by atoms with Crippen LogP contribution in [0.1, 0.15) is 33.4 Å². The van der Waals surface area contributed by atoms with E-state index in [1.165, 1.54) is 0 Å². The molecule has 0 atom stereocenters. The maximum Gasteiger partial charge on any atom is 0.410 e. The minimum Gasteiger partial charge on any atom is -0.493 e. The lowest BCUT2D eigenvalue weighted by molar-refractivity contribution is 0.0240. The number of amides is 1. The highest BCUT2D eigenvalue weighted by Gasteiger charge is 2.26. The van der Waals surface area contributed by atoms with Gasteiger partial charge in [0.25, 0.3) is 0 Å². The molecule has 0 aliphatic carbocycles. The summed E-state index contributed by atoms with van der Waals surface area (Å²) in [6, 6.07) is 10.2. The highest BCUT2D eigenvalue weighted by Crippen LogP contribution is 2.37. The lowest BCUT2D eigenvalue weighted by atomic mass is 10.2. The maximum atomic E-state index is 12.3. The third-order valence-electron chi connectivity index (χ3n) is 6.30. The van der Waals surface area contributed by atoms with Crippen molar-refractivity contribution in [3.63, 3.8) is 0 Å². The summed E-state index contributed by atoms with van der Waals surface area (Å²) < 4.78 is 18.9. The van der Waals surface area contributed by atoms with E-state index in [1.54, 1.807) is 19.1 Å². The van der Waals surface area contributed by atoms with Gasteiger partial charge in [0.1, 0.15) is 11.4 Å². The van der Waals surface area contributed by atoms with Crippen molar-refractivity contribution >= 4 is 28.5 Å². The molecule has 1 N–H and O–H groups in total. The Balaban J connectivity index is 1.39. The number of ether oxygens (including phenoxy) is 3. The largest absolute Gasteiger partial charge is 0.493 e. The van der Waals surface area contributed by atoms with E-state index in [1.807, 2.05) is 45.2 Å². The normalized spacial score (nSPS) is 14.2. The van der Waals surface area contributed by atoms with Gasteiger partial charge in [0.2, 0.25) is 0 Å². The number of methoxy groups -OCH3 is 2. The van der Waals surface area contributed by atoms with Gasteiger partial charge in [0.05, 0.1) is 38.2 Å². The molecule has 36 heavy (non-hydrogen) atoms. The second-order valence-electron chi connectivity index (χ2n) is 9.83. The molecule has 1 aromatic carbocycles. The number of rotatable bonds is 7. The minimum atomic E-state index is -0.483.